The molecule has 30 heavy (non-hydrogen) atoms. The molecular formula is C25H25NO4. The predicted octanol–water partition coefficient (Wildman–Crippen LogP) is 4.51. The molecule has 5 heteroatoms. The molecule has 0 bridgehead atoms. The number of carbonyl (C=O) groups is 2. The van der Waals surface area contributed by atoms with E-state index in [0.717, 1.165) is 5.56 Å². The molecule has 2 N–H and O–H groups in total. The Morgan fingerprint density at radius 2 is 1.73 bits per heavy atom. The fourth-order valence-corrected chi connectivity index (χ4v) is 4.28. The summed E-state index contributed by atoms with van der Waals surface area (Å²) in [6, 6.07) is 16.3. The molecule has 2 aromatic carbocycles. The number of nitrogens with two attached hydrogens (primary N) is 1. The van der Waals surface area contributed by atoms with Crippen LogP contribution in [0.2, 0.25) is 0 Å². The van der Waals surface area contributed by atoms with Crippen molar-refractivity contribution in [3.8, 4) is 5.75 Å². The number of ether oxygens (including phenoxy) is 2. The van der Waals surface area contributed by atoms with Crippen molar-refractivity contribution in [3.05, 3.63) is 88.5 Å². The summed E-state index contributed by atoms with van der Waals surface area (Å²) in [4.78, 5) is 26.7. The largest absolute Gasteiger partial charge is 0.497 e. The molecule has 2 aliphatic rings. The second kappa shape index (κ2) is 7.48. The summed E-state index contributed by atoms with van der Waals surface area (Å²) in [7, 11) is 1.60. The number of carbonyl (C=O) groups excluding carboxylic acids is 2. The van der Waals surface area contributed by atoms with Gasteiger partial charge in [-0.1, -0.05) is 56.3 Å². The smallest absolute Gasteiger partial charge is 0.198 e. The van der Waals surface area contributed by atoms with Crippen molar-refractivity contribution >= 4 is 11.6 Å². The maximum absolute atomic E-state index is 13.4. The first-order chi connectivity index (χ1) is 14.3. The van der Waals surface area contributed by atoms with Gasteiger partial charge in [-0.2, -0.15) is 0 Å². The van der Waals surface area contributed by atoms with Crippen molar-refractivity contribution in [3.63, 3.8) is 0 Å². The normalized spacial score (nSPS) is 20.5. The third-order valence-electron chi connectivity index (χ3n) is 5.68. The summed E-state index contributed by atoms with van der Waals surface area (Å²) in [5.74, 6) is 0.513. The van der Waals surface area contributed by atoms with Gasteiger partial charge in [0.25, 0.3) is 0 Å². The molecule has 0 aromatic heterocycles. The Labute approximate surface area is 176 Å². The summed E-state index contributed by atoms with van der Waals surface area (Å²) < 4.78 is 11.2. The second-order valence-electron chi connectivity index (χ2n) is 8.56. The molecule has 1 aliphatic heterocycles. The fraction of sp³-hybridized carbons (Fsp3) is 0.280. The van der Waals surface area contributed by atoms with Gasteiger partial charge in [0.05, 0.1) is 18.6 Å². The highest BCUT2D eigenvalue weighted by Crippen LogP contribution is 2.48. The number of allylic oxidation sites excluding steroid dienone is 3. The molecule has 0 saturated carbocycles. The minimum Gasteiger partial charge on any atom is -0.497 e. The third kappa shape index (κ3) is 3.52. The standard InChI is InChI=1S/C25H25NO4/c1-25(2)13-18(27)21-19(14-25)30-24(26)22(23(28)16-7-5-4-6-8-16)20(21)15-9-11-17(29-3)12-10-15/h4-12,20H,13-14,26H2,1-3H3/t20-/m0/s1. The van der Waals surface area contributed by atoms with Crippen LogP contribution in [-0.4, -0.2) is 18.7 Å². The first kappa shape index (κ1) is 20.0. The Hall–Kier alpha value is -3.34. The molecule has 0 amide bonds. The molecule has 0 spiro atoms. The number of methoxy groups -OCH3 is 1. The van der Waals surface area contributed by atoms with Crippen molar-refractivity contribution in [1.82, 2.24) is 0 Å². The van der Waals surface area contributed by atoms with E-state index in [0.29, 0.717) is 41.1 Å². The second-order valence-corrected chi connectivity index (χ2v) is 8.56. The minimum atomic E-state index is -0.573. The lowest BCUT2D eigenvalue weighted by Gasteiger charge is -2.38. The van der Waals surface area contributed by atoms with Gasteiger partial charge in [0.1, 0.15) is 11.5 Å². The average molecular weight is 403 g/mol. The Kier molecular flexibility index (Phi) is 4.98. The van der Waals surface area contributed by atoms with Gasteiger partial charge in [0, 0.05) is 24.0 Å². The van der Waals surface area contributed by atoms with E-state index in [1.54, 1.807) is 31.4 Å². The zero-order valence-corrected chi connectivity index (χ0v) is 17.4. The van der Waals surface area contributed by atoms with Crippen LogP contribution < -0.4 is 10.5 Å². The quantitative estimate of drug-likeness (QED) is 0.760. The van der Waals surface area contributed by atoms with Crippen molar-refractivity contribution < 1.29 is 19.1 Å². The summed E-state index contributed by atoms with van der Waals surface area (Å²) in [5, 5.41) is 0. The number of ketones is 2. The Morgan fingerprint density at radius 3 is 2.37 bits per heavy atom. The van der Waals surface area contributed by atoms with Crippen LogP contribution >= 0.6 is 0 Å². The lowest BCUT2D eigenvalue weighted by molar-refractivity contribution is -0.119. The highest BCUT2D eigenvalue weighted by Gasteiger charge is 2.44. The molecule has 2 aromatic rings. The molecule has 4 rings (SSSR count). The molecule has 5 nitrogen and oxygen atoms in total. The van der Waals surface area contributed by atoms with Gasteiger partial charge in [0.2, 0.25) is 0 Å². The Balaban J connectivity index is 1.88. The van der Waals surface area contributed by atoms with Crippen LogP contribution in [0.25, 0.3) is 0 Å². The first-order valence-electron chi connectivity index (χ1n) is 9.98. The zero-order chi connectivity index (χ0) is 21.5. The average Bonchev–Trinajstić information content (AvgIpc) is 2.72. The van der Waals surface area contributed by atoms with Crippen LogP contribution in [0.3, 0.4) is 0 Å². The Bertz CT molecular complexity index is 1060. The predicted molar refractivity (Wildman–Crippen MR) is 114 cm³/mol. The number of benzene rings is 2. The molecule has 1 aliphatic carbocycles. The van der Waals surface area contributed by atoms with E-state index < -0.39 is 5.92 Å². The summed E-state index contributed by atoms with van der Waals surface area (Å²) in [5.41, 5.74) is 8.24. The van der Waals surface area contributed by atoms with Crippen LogP contribution in [0, 0.1) is 5.41 Å². The van der Waals surface area contributed by atoms with E-state index >= 15 is 0 Å². The van der Waals surface area contributed by atoms with Crippen molar-refractivity contribution in [2.45, 2.75) is 32.6 Å². The molecule has 0 fully saturated rings. The molecule has 0 radical (unpaired) electrons. The number of hydrogen-bond acceptors (Lipinski definition) is 5. The molecule has 0 saturated heterocycles. The van der Waals surface area contributed by atoms with E-state index in [4.69, 9.17) is 15.2 Å². The number of rotatable bonds is 4. The van der Waals surface area contributed by atoms with Crippen LogP contribution in [0.5, 0.6) is 5.75 Å². The number of hydrogen-bond donors (Lipinski definition) is 1. The van der Waals surface area contributed by atoms with E-state index in [9.17, 15) is 9.59 Å². The minimum absolute atomic E-state index is 0.00655. The fourth-order valence-electron chi connectivity index (χ4n) is 4.28. The van der Waals surface area contributed by atoms with Gasteiger partial charge in [0.15, 0.2) is 17.4 Å². The van der Waals surface area contributed by atoms with Crippen LogP contribution in [0.1, 0.15) is 48.5 Å². The monoisotopic (exact) mass is 403 g/mol. The van der Waals surface area contributed by atoms with Gasteiger partial charge in [-0.3, -0.25) is 9.59 Å². The van der Waals surface area contributed by atoms with Crippen molar-refractivity contribution in [1.29, 1.82) is 0 Å². The van der Waals surface area contributed by atoms with E-state index in [2.05, 4.69) is 0 Å². The molecule has 154 valence electrons. The topological polar surface area (TPSA) is 78.6 Å². The molecule has 1 heterocycles. The van der Waals surface area contributed by atoms with Gasteiger partial charge in [-0.15, -0.1) is 0 Å². The molecule has 0 unspecified atom stereocenters. The number of Topliss-reactive ketones (excluding diaryl/α,β-unsaturated/α-hetero) is 2. The highest BCUT2D eigenvalue weighted by atomic mass is 16.5. The summed E-state index contributed by atoms with van der Waals surface area (Å²) in [6.07, 6.45) is 0.989. The van der Waals surface area contributed by atoms with E-state index in [1.165, 1.54) is 0 Å². The molecule has 1 atom stereocenters. The van der Waals surface area contributed by atoms with Crippen molar-refractivity contribution in [2.75, 3.05) is 7.11 Å². The summed E-state index contributed by atoms with van der Waals surface area (Å²) in [6.45, 7) is 4.07. The first-order valence-corrected chi connectivity index (χ1v) is 9.98. The van der Waals surface area contributed by atoms with Gasteiger partial charge in [-0.25, -0.2) is 0 Å². The van der Waals surface area contributed by atoms with Gasteiger partial charge < -0.3 is 15.2 Å². The third-order valence-corrected chi connectivity index (χ3v) is 5.68. The molecular weight excluding hydrogens is 378 g/mol. The van der Waals surface area contributed by atoms with Gasteiger partial charge in [-0.05, 0) is 23.1 Å². The van der Waals surface area contributed by atoms with Gasteiger partial charge >= 0.3 is 0 Å². The zero-order valence-electron chi connectivity index (χ0n) is 17.4. The lowest BCUT2D eigenvalue weighted by atomic mass is 9.69. The summed E-state index contributed by atoms with van der Waals surface area (Å²) >= 11 is 0. The van der Waals surface area contributed by atoms with E-state index in [-0.39, 0.29) is 22.9 Å². The Morgan fingerprint density at radius 1 is 1.07 bits per heavy atom. The SMILES string of the molecule is COc1ccc([C@@H]2C(C(=O)c3ccccc3)=C(N)OC3=C2C(=O)CC(C)(C)C3)cc1. The van der Waals surface area contributed by atoms with Crippen LogP contribution in [0.4, 0.5) is 0 Å². The van der Waals surface area contributed by atoms with E-state index in [1.807, 2.05) is 44.2 Å². The maximum Gasteiger partial charge on any atom is 0.198 e. The van der Waals surface area contributed by atoms with Crippen LogP contribution in [-0.2, 0) is 9.53 Å². The maximum atomic E-state index is 13.4. The van der Waals surface area contributed by atoms with Crippen molar-refractivity contribution in [2.24, 2.45) is 11.1 Å². The lowest BCUT2D eigenvalue weighted by Crippen LogP contribution is -2.35. The highest BCUT2D eigenvalue weighted by molar-refractivity contribution is 6.13. The van der Waals surface area contributed by atoms with Crippen LogP contribution in [0.15, 0.2) is 77.4 Å².